The third-order valence-corrected chi connectivity index (χ3v) is 3.63. The Balaban J connectivity index is 1.69. The molecular weight excluding hydrogens is 216 g/mol. The van der Waals surface area contributed by atoms with Crippen molar-refractivity contribution in [2.24, 2.45) is 0 Å². The molecule has 2 unspecified atom stereocenters. The lowest BCUT2D eigenvalue weighted by Crippen LogP contribution is -2.24. The molecule has 3 rings (SSSR count). The maximum atomic E-state index is 5.37. The number of rotatable bonds is 2. The smallest absolute Gasteiger partial charge is 0.231 e. The molecule has 1 saturated heterocycles. The van der Waals surface area contributed by atoms with Crippen LogP contribution in [0.2, 0.25) is 0 Å². The normalized spacial score (nSPS) is 27.4. The summed E-state index contributed by atoms with van der Waals surface area (Å²) in [4.78, 5) is 2.38. The van der Waals surface area contributed by atoms with Crippen LogP contribution in [-0.2, 0) is 0 Å². The second-order valence-electron chi connectivity index (χ2n) is 4.93. The molecule has 0 aliphatic carbocycles. The Morgan fingerprint density at radius 3 is 2.88 bits per heavy atom. The van der Waals surface area contributed by atoms with Crippen molar-refractivity contribution in [3.8, 4) is 11.5 Å². The van der Waals surface area contributed by atoms with Gasteiger partial charge in [0.25, 0.3) is 0 Å². The zero-order chi connectivity index (χ0) is 11.8. The van der Waals surface area contributed by atoms with Crippen LogP contribution in [-0.4, -0.2) is 37.4 Å². The molecule has 1 fully saturated rings. The van der Waals surface area contributed by atoms with E-state index in [-0.39, 0.29) is 0 Å². The monoisotopic (exact) mass is 234 g/mol. The molecule has 2 atom stereocenters. The summed E-state index contributed by atoms with van der Waals surface area (Å²) >= 11 is 0. The van der Waals surface area contributed by atoms with E-state index in [0.29, 0.717) is 18.9 Å². The predicted octanol–water partition coefficient (Wildman–Crippen LogP) is 1.92. The fraction of sp³-hybridized carbons (Fsp3) is 0.538. The maximum absolute atomic E-state index is 5.37. The molecule has 0 spiro atoms. The van der Waals surface area contributed by atoms with Gasteiger partial charge in [-0.3, -0.25) is 0 Å². The first kappa shape index (κ1) is 10.7. The van der Waals surface area contributed by atoms with Crippen molar-refractivity contribution in [1.29, 1.82) is 0 Å². The molecule has 4 nitrogen and oxygen atoms in total. The summed E-state index contributed by atoms with van der Waals surface area (Å²) in [6.45, 7) is 3.69. The van der Waals surface area contributed by atoms with Crippen LogP contribution in [0.1, 0.15) is 13.3 Å². The van der Waals surface area contributed by atoms with E-state index in [1.807, 2.05) is 12.1 Å². The summed E-state index contributed by atoms with van der Waals surface area (Å²) < 4.78 is 10.7. The largest absolute Gasteiger partial charge is 0.454 e. The van der Waals surface area contributed by atoms with Crippen LogP contribution in [0.15, 0.2) is 18.2 Å². The van der Waals surface area contributed by atoms with E-state index in [9.17, 15) is 0 Å². The third-order valence-electron chi connectivity index (χ3n) is 3.63. The van der Waals surface area contributed by atoms with Gasteiger partial charge in [0.15, 0.2) is 11.5 Å². The minimum Gasteiger partial charge on any atom is -0.454 e. The number of benzene rings is 1. The highest BCUT2D eigenvalue weighted by Gasteiger charge is 2.26. The van der Waals surface area contributed by atoms with E-state index in [1.165, 1.54) is 6.42 Å². The molecule has 2 heterocycles. The highest BCUT2D eigenvalue weighted by Crippen LogP contribution is 2.34. The van der Waals surface area contributed by atoms with Crippen LogP contribution in [0.5, 0.6) is 11.5 Å². The van der Waals surface area contributed by atoms with Crippen molar-refractivity contribution in [3.05, 3.63) is 18.2 Å². The molecule has 1 aromatic carbocycles. The van der Waals surface area contributed by atoms with E-state index >= 15 is 0 Å². The first-order valence-electron chi connectivity index (χ1n) is 6.09. The lowest BCUT2D eigenvalue weighted by molar-refractivity contribution is 0.174. The zero-order valence-corrected chi connectivity index (χ0v) is 10.3. The Morgan fingerprint density at radius 2 is 2.12 bits per heavy atom. The van der Waals surface area contributed by atoms with Crippen molar-refractivity contribution >= 4 is 5.69 Å². The average Bonchev–Trinajstić information content (AvgIpc) is 2.86. The lowest BCUT2D eigenvalue weighted by atomic mass is 10.2. The summed E-state index contributed by atoms with van der Waals surface area (Å²) in [7, 11) is 2.17. The summed E-state index contributed by atoms with van der Waals surface area (Å²) in [5.41, 5.74) is 1.11. The molecular formula is C13H18N2O2. The molecule has 0 amide bonds. The Morgan fingerprint density at radius 1 is 1.29 bits per heavy atom. The molecule has 0 radical (unpaired) electrons. The first-order valence-corrected chi connectivity index (χ1v) is 6.09. The van der Waals surface area contributed by atoms with Crippen LogP contribution >= 0.6 is 0 Å². The van der Waals surface area contributed by atoms with Crippen molar-refractivity contribution in [3.63, 3.8) is 0 Å². The number of anilines is 1. The van der Waals surface area contributed by atoms with Gasteiger partial charge in [-0.2, -0.15) is 0 Å². The van der Waals surface area contributed by atoms with Crippen LogP contribution in [0.25, 0.3) is 0 Å². The van der Waals surface area contributed by atoms with Crippen molar-refractivity contribution in [1.82, 2.24) is 4.90 Å². The first-order chi connectivity index (χ1) is 8.22. The van der Waals surface area contributed by atoms with Gasteiger partial charge in [0, 0.05) is 30.4 Å². The number of nitrogens with one attached hydrogen (secondary N) is 1. The maximum Gasteiger partial charge on any atom is 0.231 e. The second-order valence-corrected chi connectivity index (χ2v) is 4.93. The van der Waals surface area contributed by atoms with E-state index in [0.717, 1.165) is 23.7 Å². The highest BCUT2D eigenvalue weighted by molar-refractivity contribution is 5.56. The number of fused-ring (bicyclic) bond motifs is 1. The van der Waals surface area contributed by atoms with Gasteiger partial charge >= 0.3 is 0 Å². The summed E-state index contributed by atoms with van der Waals surface area (Å²) in [5, 5.41) is 3.55. The van der Waals surface area contributed by atoms with E-state index in [1.54, 1.807) is 0 Å². The summed E-state index contributed by atoms with van der Waals surface area (Å²) in [6.07, 6.45) is 1.19. The van der Waals surface area contributed by atoms with Gasteiger partial charge in [0.2, 0.25) is 6.79 Å². The number of ether oxygens (including phenoxy) is 2. The van der Waals surface area contributed by atoms with E-state index < -0.39 is 0 Å². The molecule has 2 aliphatic heterocycles. The molecule has 1 aromatic rings. The standard InChI is InChI=1S/C13H18N2O2/c1-9-5-11(7-15(9)2)14-10-3-4-12-13(6-10)17-8-16-12/h3-4,6,9,11,14H,5,7-8H2,1-2H3. The van der Waals surface area contributed by atoms with Crippen LogP contribution in [0.3, 0.4) is 0 Å². The van der Waals surface area contributed by atoms with Crippen LogP contribution < -0.4 is 14.8 Å². The zero-order valence-electron chi connectivity index (χ0n) is 10.3. The fourth-order valence-electron chi connectivity index (χ4n) is 2.52. The SMILES string of the molecule is CC1CC(Nc2ccc3c(c2)OCO3)CN1C. The van der Waals surface area contributed by atoms with Gasteiger partial charge in [-0.25, -0.2) is 0 Å². The predicted molar refractivity (Wildman–Crippen MR) is 66.7 cm³/mol. The molecule has 4 heteroatoms. The van der Waals surface area contributed by atoms with Gasteiger partial charge < -0.3 is 19.7 Å². The average molecular weight is 234 g/mol. The van der Waals surface area contributed by atoms with Gasteiger partial charge in [-0.05, 0) is 32.5 Å². The number of hydrogen-bond donors (Lipinski definition) is 1. The van der Waals surface area contributed by atoms with Crippen LogP contribution in [0, 0.1) is 0 Å². The Labute approximate surface area is 102 Å². The highest BCUT2D eigenvalue weighted by atomic mass is 16.7. The molecule has 2 aliphatic rings. The van der Waals surface area contributed by atoms with E-state index in [2.05, 4.69) is 30.3 Å². The van der Waals surface area contributed by atoms with Gasteiger partial charge in [-0.1, -0.05) is 0 Å². The van der Waals surface area contributed by atoms with Gasteiger partial charge in [0.1, 0.15) is 0 Å². The Bertz CT molecular complexity index is 412. The summed E-state index contributed by atoms with van der Waals surface area (Å²) in [5.74, 6) is 1.68. The quantitative estimate of drug-likeness (QED) is 0.847. The van der Waals surface area contributed by atoms with Gasteiger partial charge in [-0.15, -0.1) is 0 Å². The number of likely N-dealkylation sites (tertiary alicyclic amines) is 1. The van der Waals surface area contributed by atoms with Crippen molar-refractivity contribution in [2.45, 2.75) is 25.4 Å². The number of likely N-dealkylation sites (N-methyl/N-ethyl adjacent to an activating group) is 1. The minimum atomic E-state index is 0.335. The van der Waals surface area contributed by atoms with Crippen molar-refractivity contribution < 1.29 is 9.47 Å². The van der Waals surface area contributed by atoms with E-state index in [4.69, 9.17) is 9.47 Å². The minimum absolute atomic E-state index is 0.335. The Kier molecular flexibility index (Phi) is 2.59. The molecule has 17 heavy (non-hydrogen) atoms. The molecule has 1 N–H and O–H groups in total. The third kappa shape index (κ3) is 2.05. The number of hydrogen-bond acceptors (Lipinski definition) is 4. The van der Waals surface area contributed by atoms with Gasteiger partial charge in [0.05, 0.1) is 0 Å². The number of nitrogens with zero attached hydrogens (tertiary/aromatic N) is 1. The van der Waals surface area contributed by atoms with Crippen LogP contribution in [0.4, 0.5) is 5.69 Å². The molecule has 0 aromatic heterocycles. The summed E-state index contributed by atoms with van der Waals surface area (Å²) in [6, 6.07) is 7.21. The molecule has 0 bridgehead atoms. The Hall–Kier alpha value is -1.42. The van der Waals surface area contributed by atoms with Crippen molar-refractivity contribution in [2.75, 3.05) is 25.7 Å². The fourth-order valence-corrected chi connectivity index (χ4v) is 2.52. The topological polar surface area (TPSA) is 33.7 Å². The molecule has 0 saturated carbocycles. The lowest BCUT2D eigenvalue weighted by Gasteiger charge is -2.14. The molecule has 92 valence electrons. The second kappa shape index (κ2) is 4.11.